The number of rotatable bonds is 4. The van der Waals surface area contributed by atoms with Crippen molar-refractivity contribution in [1.29, 1.82) is 0 Å². The zero-order chi connectivity index (χ0) is 19.5. The van der Waals surface area contributed by atoms with Gasteiger partial charge in [-0.3, -0.25) is 9.59 Å². The van der Waals surface area contributed by atoms with Crippen LogP contribution >= 0.6 is 11.3 Å². The van der Waals surface area contributed by atoms with Crippen molar-refractivity contribution < 1.29 is 9.59 Å². The number of fused-ring (bicyclic) bond motifs is 1. The van der Waals surface area contributed by atoms with E-state index in [1.165, 1.54) is 16.2 Å². The van der Waals surface area contributed by atoms with Crippen molar-refractivity contribution >= 4 is 34.0 Å². The number of hydrogen-bond donors (Lipinski definition) is 2. The Labute approximate surface area is 167 Å². The molecule has 6 heteroatoms. The number of aryl methyl sites for hydroxylation is 2. The quantitative estimate of drug-likeness (QED) is 0.669. The minimum atomic E-state index is -0.224. The minimum absolute atomic E-state index is 0.200. The Morgan fingerprint density at radius 3 is 2.64 bits per heavy atom. The van der Waals surface area contributed by atoms with Gasteiger partial charge in [0.25, 0.3) is 11.8 Å². The smallest absolute Gasteiger partial charge is 0.260 e. The van der Waals surface area contributed by atoms with Gasteiger partial charge in [-0.25, -0.2) is 4.98 Å². The van der Waals surface area contributed by atoms with Gasteiger partial charge in [-0.1, -0.05) is 23.8 Å². The van der Waals surface area contributed by atoms with Gasteiger partial charge in [0.05, 0.1) is 5.56 Å². The van der Waals surface area contributed by atoms with Crippen LogP contribution in [0, 0.1) is 6.92 Å². The van der Waals surface area contributed by atoms with Gasteiger partial charge in [-0.2, -0.15) is 0 Å². The predicted octanol–water partition coefficient (Wildman–Crippen LogP) is 4.83. The van der Waals surface area contributed by atoms with E-state index in [0.717, 1.165) is 36.8 Å². The number of thiophene rings is 1. The lowest BCUT2D eigenvalue weighted by molar-refractivity contribution is 0.102. The van der Waals surface area contributed by atoms with Crippen LogP contribution < -0.4 is 10.6 Å². The summed E-state index contributed by atoms with van der Waals surface area (Å²) in [4.78, 5) is 31.2. The molecule has 28 heavy (non-hydrogen) atoms. The molecule has 0 fully saturated rings. The normalized spacial score (nSPS) is 12.9. The molecule has 2 aromatic heterocycles. The van der Waals surface area contributed by atoms with Crippen LogP contribution in [0.25, 0.3) is 0 Å². The van der Waals surface area contributed by atoms with Crippen LogP contribution in [0.2, 0.25) is 0 Å². The molecule has 0 unspecified atom stereocenters. The fourth-order valence-electron chi connectivity index (χ4n) is 3.47. The molecule has 1 aliphatic rings. The third-order valence-electron chi connectivity index (χ3n) is 4.81. The fraction of sp³-hybridized carbons (Fsp3) is 0.227. The number of nitrogens with zero attached hydrogens (tertiary/aromatic N) is 1. The SMILES string of the molecule is Cc1cccc(C(=O)Nc2sc3c(c2C(=O)Nc2ccccn2)CCCC3)c1. The summed E-state index contributed by atoms with van der Waals surface area (Å²) in [7, 11) is 0. The summed E-state index contributed by atoms with van der Waals surface area (Å²) in [6, 6.07) is 12.8. The van der Waals surface area contributed by atoms with E-state index in [1.54, 1.807) is 24.4 Å². The van der Waals surface area contributed by atoms with Crippen molar-refractivity contribution in [3.8, 4) is 0 Å². The average molecular weight is 391 g/mol. The van der Waals surface area contributed by atoms with Gasteiger partial charge in [0, 0.05) is 16.6 Å². The number of aromatic nitrogens is 1. The zero-order valence-corrected chi connectivity index (χ0v) is 16.4. The zero-order valence-electron chi connectivity index (χ0n) is 15.6. The van der Waals surface area contributed by atoms with E-state index in [-0.39, 0.29) is 11.8 Å². The molecule has 0 radical (unpaired) electrons. The van der Waals surface area contributed by atoms with Gasteiger partial charge in [-0.15, -0.1) is 11.3 Å². The van der Waals surface area contributed by atoms with Gasteiger partial charge in [0.2, 0.25) is 0 Å². The first-order valence-electron chi connectivity index (χ1n) is 9.37. The van der Waals surface area contributed by atoms with Gasteiger partial charge < -0.3 is 10.6 Å². The molecule has 3 aromatic rings. The van der Waals surface area contributed by atoms with E-state index in [1.807, 2.05) is 31.2 Å². The Bertz CT molecular complexity index is 1030. The number of carbonyl (C=O) groups is 2. The number of nitrogens with one attached hydrogen (secondary N) is 2. The summed E-state index contributed by atoms with van der Waals surface area (Å²) in [5.74, 6) is 0.0750. The molecule has 0 bridgehead atoms. The van der Waals surface area contributed by atoms with Gasteiger partial charge in [-0.05, 0) is 62.4 Å². The van der Waals surface area contributed by atoms with Crippen LogP contribution in [0.3, 0.4) is 0 Å². The number of carbonyl (C=O) groups excluding carboxylic acids is 2. The van der Waals surface area contributed by atoms with Crippen molar-refractivity contribution in [3.05, 3.63) is 75.8 Å². The topological polar surface area (TPSA) is 71.1 Å². The first kappa shape index (κ1) is 18.4. The van der Waals surface area contributed by atoms with Crippen LogP contribution in [0.1, 0.15) is 49.6 Å². The minimum Gasteiger partial charge on any atom is -0.313 e. The van der Waals surface area contributed by atoms with Crippen molar-refractivity contribution in [1.82, 2.24) is 4.98 Å². The number of benzene rings is 1. The lowest BCUT2D eigenvalue weighted by Gasteiger charge is -2.13. The highest BCUT2D eigenvalue weighted by Gasteiger charge is 2.26. The second-order valence-corrected chi connectivity index (χ2v) is 8.01. The average Bonchev–Trinajstić information content (AvgIpc) is 3.06. The summed E-state index contributed by atoms with van der Waals surface area (Å²) in [5, 5.41) is 6.46. The number of anilines is 2. The molecule has 2 heterocycles. The second-order valence-electron chi connectivity index (χ2n) is 6.91. The van der Waals surface area contributed by atoms with E-state index < -0.39 is 0 Å². The summed E-state index contributed by atoms with van der Waals surface area (Å²) in [5.41, 5.74) is 3.24. The van der Waals surface area contributed by atoms with Crippen LogP contribution in [0.5, 0.6) is 0 Å². The largest absolute Gasteiger partial charge is 0.313 e. The molecule has 2 amide bonds. The first-order valence-corrected chi connectivity index (χ1v) is 10.2. The Morgan fingerprint density at radius 2 is 1.86 bits per heavy atom. The van der Waals surface area contributed by atoms with E-state index in [2.05, 4.69) is 15.6 Å². The van der Waals surface area contributed by atoms with Crippen LogP contribution in [-0.4, -0.2) is 16.8 Å². The van der Waals surface area contributed by atoms with Crippen molar-refractivity contribution in [3.63, 3.8) is 0 Å². The predicted molar refractivity (Wildman–Crippen MR) is 112 cm³/mol. The summed E-state index contributed by atoms with van der Waals surface area (Å²) < 4.78 is 0. The molecule has 2 N–H and O–H groups in total. The monoisotopic (exact) mass is 391 g/mol. The van der Waals surface area contributed by atoms with Gasteiger partial charge in [0.1, 0.15) is 10.8 Å². The van der Waals surface area contributed by atoms with Gasteiger partial charge >= 0.3 is 0 Å². The maximum absolute atomic E-state index is 13.0. The standard InChI is InChI=1S/C22H21N3O2S/c1-14-7-6-8-15(13-14)20(26)25-22-19(16-9-2-3-10-17(16)28-22)21(27)24-18-11-4-5-12-23-18/h4-8,11-13H,2-3,9-10H2,1H3,(H,25,26)(H,23,24,27). The van der Waals surface area contributed by atoms with Crippen molar-refractivity contribution in [2.75, 3.05) is 10.6 Å². The number of pyridine rings is 1. The summed E-state index contributed by atoms with van der Waals surface area (Å²) in [6.45, 7) is 1.95. The van der Waals surface area contributed by atoms with Crippen molar-refractivity contribution in [2.24, 2.45) is 0 Å². The Hall–Kier alpha value is -2.99. The molecular formula is C22H21N3O2S. The maximum atomic E-state index is 13.0. The van der Waals surface area contributed by atoms with E-state index in [4.69, 9.17) is 0 Å². The van der Waals surface area contributed by atoms with Gasteiger partial charge in [0.15, 0.2) is 0 Å². The Balaban J connectivity index is 1.66. The molecular weight excluding hydrogens is 370 g/mol. The maximum Gasteiger partial charge on any atom is 0.260 e. The van der Waals surface area contributed by atoms with E-state index in [9.17, 15) is 9.59 Å². The first-order chi connectivity index (χ1) is 13.6. The lowest BCUT2D eigenvalue weighted by atomic mass is 9.95. The molecule has 0 spiro atoms. The third kappa shape index (κ3) is 3.82. The van der Waals surface area contributed by atoms with E-state index >= 15 is 0 Å². The second kappa shape index (κ2) is 7.94. The lowest BCUT2D eigenvalue weighted by Crippen LogP contribution is -2.19. The Morgan fingerprint density at radius 1 is 1.00 bits per heavy atom. The molecule has 1 aliphatic carbocycles. The molecule has 0 aliphatic heterocycles. The molecule has 4 rings (SSSR count). The number of amides is 2. The molecule has 142 valence electrons. The highest BCUT2D eigenvalue weighted by Crippen LogP contribution is 2.38. The van der Waals surface area contributed by atoms with Crippen LogP contribution in [0.4, 0.5) is 10.8 Å². The summed E-state index contributed by atoms with van der Waals surface area (Å²) >= 11 is 1.51. The third-order valence-corrected chi connectivity index (χ3v) is 6.02. The van der Waals surface area contributed by atoms with Crippen LogP contribution in [0.15, 0.2) is 48.7 Å². The number of hydrogen-bond acceptors (Lipinski definition) is 4. The van der Waals surface area contributed by atoms with Crippen molar-refractivity contribution in [2.45, 2.75) is 32.6 Å². The molecule has 0 atom stereocenters. The fourth-order valence-corrected chi connectivity index (χ4v) is 4.75. The Kier molecular flexibility index (Phi) is 5.21. The molecule has 0 saturated carbocycles. The van der Waals surface area contributed by atoms with Crippen LogP contribution in [-0.2, 0) is 12.8 Å². The molecule has 1 aromatic carbocycles. The highest BCUT2D eigenvalue weighted by atomic mass is 32.1. The molecule has 0 saturated heterocycles. The van der Waals surface area contributed by atoms with E-state index in [0.29, 0.717) is 21.9 Å². The summed E-state index contributed by atoms with van der Waals surface area (Å²) in [6.07, 6.45) is 5.61. The molecule has 5 nitrogen and oxygen atoms in total. The highest BCUT2D eigenvalue weighted by molar-refractivity contribution is 7.17.